The van der Waals surface area contributed by atoms with Crippen LogP contribution >= 0.6 is 0 Å². The number of carbonyl (C=O) groups is 2. The standard InChI is InChI=1S/C8H14F2N2O2/c1-3-4-11-6(13)5-12(2)8(14)7(9)10/h7H,3-5H2,1-2H3,(H,11,13). The first-order valence-electron chi connectivity index (χ1n) is 4.28. The molecular formula is C8H14F2N2O2. The van der Waals surface area contributed by atoms with E-state index in [0.717, 1.165) is 6.42 Å². The number of nitrogens with zero attached hydrogens (tertiary/aromatic N) is 1. The molecule has 0 aliphatic heterocycles. The molecule has 2 amide bonds. The summed E-state index contributed by atoms with van der Waals surface area (Å²) in [6.45, 7) is 2.02. The zero-order valence-corrected chi connectivity index (χ0v) is 8.22. The minimum Gasteiger partial charge on any atom is -0.355 e. The van der Waals surface area contributed by atoms with Crippen LogP contribution in [0.2, 0.25) is 0 Å². The summed E-state index contributed by atoms with van der Waals surface area (Å²) in [6, 6.07) is 0. The molecule has 0 fully saturated rings. The molecule has 0 heterocycles. The van der Waals surface area contributed by atoms with Crippen LogP contribution in [0.5, 0.6) is 0 Å². The van der Waals surface area contributed by atoms with Gasteiger partial charge >= 0.3 is 6.43 Å². The lowest BCUT2D eigenvalue weighted by atomic mass is 10.4. The molecule has 0 aromatic rings. The van der Waals surface area contributed by atoms with Gasteiger partial charge in [0.15, 0.2) is 0 Å². The van der Waals surface area contributed by atoms with Crippen LogP contribution in [-0.4, -0.2) is 43.3 Å². The minimum absolute atomic E-state index is 0.330. The normalized spacial score (nSPS) is 10.1. The van der Waals surface area contributed by atoms with Gasteiger partial charge in [0, 0.05) is 13.6 Å². The molecule has 0 aromatic heterocycles. The van der Waals surface area contributed by atoms with E-state index in [9.17, 15) is 18.4 Å². The van der Waals surface area contributed by atoms with Gasteiger partial charge in [-0.2, -0.15) is 8.78 Å². The van der Waals surface area contributed by atoms with Crippen LogP contribution in [0.4, 0.5) is 8.78 Å². The third kappa shape index (κ3) is 4.74. The molecule has 0 spiro atoms. The third-order valence-corrected chi connectivity index (χ3v) is 1.52. The van der Waals surface area contributed by atoms with Crippen LogP contribution in [0.25, 0.3) is 0 Å². The van der Waals surface area contributed by atoms with E-state index in [1.165, 1.54) is 7.05 Å². The van der Waals surface area contributed by atoms with Gasteiger partial charge < -0.3 is 10.2 Å². The van der Waals surface area contributed by atoms with Crippen LogP contribution in [0.15, 0.2) is 0 Å². The Bertz CT molecular complexity index is 210. The highest BCUT2D eigenvalue weighted by molar-refractivity contribution is 5.85. The zero-order chi connectivity index (χ0) is 11.1. The van der Waals surface area contributed by atoms with Gasteiger partial charge in [0.2, 0.25) is 5.91 Å². The van der Waals surface area contributed by atoms with Crippen molar-refractivity contribution in [2.75, 3.05) is 20.1 Å². The van der Waals surface area contributed by atoms with Gasteiger partial charge in [0.05, 0.1) is 6.54 Å². The van der Waals surface area contributed by atoms with Gasteiger partial charge in [-0.25, -0.2) is 0 Å². The minimum atomic E-state index is -3.06. The summed E-state index contributed by atoms with van der Waals surface area (Å²) in [5, 5.41) is 2.48. The van der Waals surface area contributed by atoms with Crippen molar-refractivity contribution < 1.29 is 18.4 Å². The maximum absolute atomic E-state index is 11.9. The van der Waals surface area contributed by atoms with Gasteiger partial charge in [-0.3, -0.25) is 9.59 Å². The quantitative estimate of drug-likeness (QED) is 0.703. The summed E-state index contributed by atoms with van der Waals surface area (Å²) in [6.07, 6.45) is -2.29. The molecule has 0 radical (unpaired) electrons. The summed E-state index contributed by atoms with van der Waals surface area (Å²) in [5.41, 5.74) is 0. The lowest BCUT2D eigenvalue weighted by molar-refractivity contribution is -0.144. The van der Waals surface area contributed by atoms with E-state index in [1.54, 1.807) is 0 Å². The van der Waals surface area contributed by atoms with Crippen molar-refractivity contribution in [3.05, 3.63) is 0 Å². The highest BCUT2D eigenvalue weighted by Gasteiger charge is 2.21. The summed E-state index contributed by atoms with van der Waals surface area (Å²) in [7, 11) is 1.17. The Hall–Kier alpha value is -1.20. The molecule has 0 atom stereocenters. The molecule has 14 heavy (non-hydrogen) atoms. The van der Waals surface area contributed by atoms with Gasteiger partial charge in [0.25, 0.3) is 5.91 Å². The molecule has 4 nitrogen and oxygen atoms in total. The molecule has 0 aliphatic carbocycles. The molecule has 0 aromatic carbocycles. The monoisotopic (exact) mass is 208 g/mol. The Morgan fingerprint density at radius 3 is 2.43 bits per heavy atom. The highest BCUT2D eigenvalue weighted by Crippen LogP contribution is 1.97. The Morgan fingerprint density at radius 2 is 2.00 bits per heavy atom. The van der Waals surface area contributed by atoms with Crippen LogP contribution in [0.3, 0.4) is 0 Å². The van der Waals surface area contributed by atoms with E-state index in [2.05, 4.69) is 5.32 Å². The lowest BCUT2D eigenvalue weighted by Crippen LogP contribution is -2.40. The smallest absolute Gasteiger partial charge is 0.315 e. The second-order valence-electron chi connectivity index (χ2n) is 2.84. The number of rotatable bonds is 5. The molecule has 6 heteroatoms. The second kappa shape index (κ2) is 6.28. The molecule has 82 valence electrons. The van der Waals surface area contributed by atoms with E-state index in [-0.39, 0.29) is 6.54 Å². The third-order valence-electron chi connectivity index (χ3n) is 1.52. The van der Waals surface area contributed by atoms with Gasteiger partial charge in [-0.05, 0) is 6.42 Å². The van der Waals surface area contributed by atoms with Crippen molar-refractivity contribution in [2.45, 2.75) is 19.8 Å². The summed E-state index contributed by atoms with van der Waals surface area (Å²) in [4.78, 5) is 22.3. The number of alkyl halides is 2. The maximum atomic E-state index is 11.9. The molecular weight excluding hydrogens is 194 g/mol. The van der Waals surface area contributed by atoms with Crippen molar-refractivity contribution >= 4 is 11.8 Å². The first kappa shape index (κ1) is 12.8. The van der Waals surface area contributed by atoms with Gasteiger partial charge in [-0.1, -0.05) is 6.92 Å². The van der Waals surface area contributed by atoms with E-state index >= 15 is 0 Å². The fourth-order valence-corrected chi connectivity index (χ4v) is 0.780. The first-order valence-corrected chi connectivity index (χ1v) is 4.28. The van der Waals surface area contributed by atoms with Crippen molar-refractivity contribution in [3.63, 3.8) is 0 Å². The van der Waals surface area contributed by atoms with Crippen LogP contribution in [0, 0.1) is 0 Å². The number of likely N-dealkylation sites (N-methyl/N-ethyl adjacent to an activating group) is 1. The Balaban J connectivity index is 3.87. The average Bonchev–Trinajstić information content (AvgIpc) is 2.13. The molecule has 0 unspecified atom stereocenters. The molecule has 0 bridgehead atoms. The Morgan fingerprint density at radius 1 is 1.43 bits per heavy atom. The molecule has 0 saturated carbocycles. The largest absolute Gasteiger partial charge is 0.355 e. The zero-order valence-electron chi connectivity index (χ0n) is 8.22. The van der Waals surface area contributed by atoms with Gasteiger partial charge in [-0.15, -0.1) is 0 Å². The number of halogens is 2. The van der Waals surface area contributed by atoms with E-state index < -0.39 is 18.2 Å². The second-order valence-corrected chi connectivity index (χ2v) is 2.84. The van der Waals surface area contributed by atoms with Crippen molar-refractivity contribution in [1.29, 1.82) is 0 Å². The summed E-state index contributed by atoms with van der Waals surface area (Å²) < 4.78 is 23.7. The molecule has 0 rings (SSSR count). The number of hydrogen-bond acceptors (Lipinski definition) is 2. The molecule has 0 aliphatic rings. The SMILES string of the molecule is CCCNC(=O)CN(C)C(=O)C(F)F. The van der Waals surface area contributed by atoms with Crippen molar-refractivity contribution in [3.8, 4) is 0 Å². The highest BCUT2D eigenvalue weighted by atomic mass is 19.3. The number of carbonyl (C=O) groups excluding carboxylic acids is 2. The van der Waals surface area contributed by atoms with Gasteiger partial charge in [0.1, 0.15) is 0 Å². The van der Waals surface area contributed by atoms with Crippen LogP contribution < -0.4 is 5.32 Å². The number of amides is 2. The van der Waals surface area contributed by atoms with E-state index in [0.29, 0.717) is 11.4 Å². The van der Waals surface area contributed by atoms with Crippen LogP contribution in [0.1, 0.15) is 13.3 Å². The Kier molecular flexibility index (Phi) is 5.74. The fraction of sp³-hybridized carbons (Fsp3) is 0.750. The van der Waals surface area contributed by atoms with Crippen LogP contribution in [-0.2, 0) is 9.59 Å². The molecule has 0 saturated heterocycles. The van der Waals surface area contributed by atoms with E-state index in [1.807, 2.05) is 6.92 Å². The predicted molar refractivity (Wildman–Crippen MR) is 46.9 cm³/mol. The average molecular weight is 208 g/mol. The molecule has 1 N–H and O–H groups in total. The number of hydrogen-bond donors (Lipinski definition) is 1. The Labute approximate surface area is 81.3 Å². The van der Waals surface area contributed by atoms with Crippen molar-refractivity contribution in [2.24, 2.45) is 0 Å². The summed E-state index contributed by atoms with van der Waals surface area (Å²) in [5.74, 6) is -1.76. The first-order chi connectivity index (χ1) is 6.49. The van der Waals surface area contributed by atoms with E-state index in [4.69, 9.17) is 0 Å². The van der Waals surface area contributed by atoms with Crippen molar-refractivity contribution in [1.82, 2.24) is 10.2 Å². The lowest BCUT2D eigenvalue weighted by Gasteiger charge is -2.15. The number of nitrogens with one attached hydrogen (secondary N) is 1. The summed E-state index contributed by atoms with van der Waals surface area (Å²) >= 11 is 0. The topological polar surface area (TPSA) is 49.4 Å². The predicted octanol–water partition coefficient (Wildman–Crippen LogP) is 0.236. The fourth-order valence-electron chi connectivity index (χ4n) is 0.780. The maximum Gasteiger partial charge on any atom is 0.315 e.